The number of nitrogens with zero attached hydrogens (tertiary/aromatic N) is 1. The van der Waals surface area contributed by atoms with Crippen molar-refractivity contribution >= 4 is 44.2 Å². The van der Waals surface area contributed by atoms with Gasteiger partial charge in [-0.1, -0.05) is 12.1 Å². The topological polar surface area (TPSA) is 50.8 Å². The van der Waals surface area contributed by atoms with E-state index in [1.54, 1.807) is 24.3 Å². The Labute approximate surface area is 162 Å². The molecule has 8 heteroatoms. The molecule has 0 atom stereocenters. The van der Waals surface area contributed by atoms with E-state index in [0.29, 0.717) is 11.3 Å². The van der Waals surface area contributed by atoms with Crippen molar-refractivity contribution in [2.75, 3.05) is 31.7 Å². The van der Waals surface area contributed by atoms with Gasteiger partial charge in [-0.3, -0.25) is 4.79 Å². The SMILES string of the molecule is Fc1cccc(NN2CCOCC2)c1.O=Cc1cccc(Br)c1OBr. The van der Waals surface area contributed by atoms with Gasteiger partial charge in [0.2, 0.25) is 0 Å². The van der Waals surface area contributed by atoms with Crippen LogP contribution in [0.5, 0.6) is 5.75 Å². The molecule has 0 aromatic heterocycles. The first kappa shape index (κ1) is 19.8. The van der Waals surface area contributed by atoms with E-state index in [9.17, 15) is 9.18 Å². The quantitative estimate of drug-likeness (QED) is 0.662. The van der Waals surface area contributed by atoms with Crippen LogP contribution in [0.1, 0.15) is 10.4 Å². The molecule has 134 valence electrons. The fraction of sp³-hybridized carbons (Fsp3) is 0.235. The second-order valence-corrected chi connectivity index (χ2v) is 6.25. The summed E-state index contributed by atoms with van der Waals surface area (Å²) in [5, 5.41) is 2.03. The predicted molar refractivity (Wildman–Crippen MR) is 101 cm³/mol. The lowest BCUT2D eigenvalue weighted by molar-refractivity contribution is 0.0497. The van der Waals surface area contributed by atoms with E-state index < -0.39 is 0 Å². The van der Waals surface area contributed by atoms with Crippen molar-refractivity contribution in [3.05, 3.63) is 58.3 Å². The smallest absolute Gasteiger partial charge is 0.179 e. The maximum Gasteiger partial charge on any atom is 0.179 e. The Morgan fingerprint density at radius 1 is 1.20 bits per heavy atom. The number of ether oxygens (including phenoxy) is 1. The number of carbonyl (C=O) groups excluding carboxylic acids is 1. The molecule has 0 radical (unpaired) electrons. The number of morpholine rings is 1. The number of para-hydroxylation sites is 1. The number of carbonyl (C=O) groups is 1. The number of hydrogen-bond acceptors (Lipinski definition) is 5. The molecule has 0 amide bonds. The highest BCUT2D eigenvalue weighted by atomic mass is 79.9. The number of anilines is 1. The standard InChI is InChI=1S/C10H13FN2O.C7H4Br2O2/c11-9-2-1-3-10(8-9)12-13-4-6-14-7-5-13;8-6-3-1-2-5(4-10)7(6)11-9/h1-3,8,12H,4-7H2;1-4H. The van der Waals surface area contributed by atoms with Crippen LogP contribution in [-0.2, 0) is 4.74 Å². The van der Waals surface area contributed by atoms with Gasteiger partial charge in [0, 0.05) is 13.1 Å². The van der Waals surface area contributed by atoms with Crippen LogP contribution in [-0.4, -0.2) is 37.6 Å². The largest absolute Gasteiger partial charge is 0.416 e. The summed E-state index contributed by atoms with van der Waals surface area (Å²) in [4.78, 5) is 10.4. The molecule has 0 aliphatic carbocycles. The summed E-state index contributed by atoms with van der Waals surface area (Å²) in [5.41, 5.74) is 4.43. The Kier molecular flexibility index (Phi) is 8.33. The predicted octanol–water partition coefficient (Wildman–Crippen LogP) is 4.44. The zero-order valence-corrected chi connectivity index (χ0v) is 16.4. The Balaban J connectivity index is 0.000000186. The molecule has 5 nitrogen and oxygen atoms in total. The van der Waals surface area contributed by atoms with Gasteiger partial charge in [-0.25, -0.2) is 9.40 Å². The molecule has 0 spiro atoms. The Morgan fingerprint density at radius 3 is 2.52 bits per heavy atom. The van der Waals surface area contributed by atoms with Gasteiger partial charge >= 0.3 is 0 Å². The summed E-state index contributed by atoms with van der Waals surface area (Å²) in [5.74, 6) is 0.283. The molecule has 2 aromatic carbocycles. The van der Waals surface area contributed by atoms with Crippen LogP contribution < -0.4 is 9.25 Å². The monoisotopic (exact) mass is 474 g/mol. The molecule has 1 fully saturated rings. The molecule has 0 bridgehead atoms. The minimum atomic E-state index is -0.219. The van der Waals surface area contributed by atoms with Crippen molar-refractivity contribution in [3.63, 3.8) is 0 Å². The molecule has 3 rings (SSSR count). The lowest BCUT2D eigenvalue weighted by Gasteiger charge is -2.27. The first-order valence-corrected chi connectivity index (χ1v) is 8.95. The van der Waals surface area contributed by atoms with Crippen molar-refractivity contribution in [1.82, 2.24) is 5.01 Å². The third-order valence-electron chi connectivity index (χ3n) is 3.32. The molecule has 0 saturated carbocycles. The fourth-order valence-corrected chi connectivity index (χ4v) is 3.16. The van der Waals surface area contributed by atoms with Crippen molar-refractivity contribution in [2.24, 2.45) is 0 Å². The number of hydrazine groups is 1. The van der Waals surface area contributed by atoms with E-state index >= 15 is 0 Å². The molecule has 1 aliphatic heterocycles. The molecule has 2 aromatic rings. The van der Waals surface area contributed by atoms with Crippen molar-refractivity contribution in [1.29, 1.82) is 0 Å². The van der Waals surface area contributed by atoms with Gasteiger partial charge in [-0.15, -0.1) is 0 Å². The van der Waals surface area contributed by atoms with Crippen LogP contribution in [0.2, 0.25) is 0 Å². The van der Waals surface area contributed by atoms with Crippen LogP contribution in [0.4, 0.5) is 10.1 Å². The summed E-state index contributed by atoms with van der Waals surface area (Å²) in [7, 11) is 0. The molecular weight excluding hydrogens is 459 g/mol. The Hall–Kier alpha value is -1.48. The summed E-state index contributed by atoms with van der Waals surface area (Å²) < 4.78 is 23.6. The average molecular weight is 476 g/mol. The van der Waals surface area contributed by atoms with E-state index in [1.807, 2.05) is 11.1 Å². The molecule has 1 N–H and O–H groups in total. The van der Waals surface area contributed by atoms with Crippen molar-refractivity contribution in [3.8, 4) is 5.75 Å². The van der Waals surface area contributed by atoms with E-state index in [4.69, 9.17) is 8.57 Å². The van der Waals surface area contributed by atoms with E-state index in [2.05, 4.69) is 37.6 Å². The highest BCUT2D eigenvalue weighted by Gasteiger charge is 2.09. The molecule has 25 heavy (non-hydrogen) atoms. The van der Waals surface area contributed by atoms with Crippen LogP contribution >= 0.6 is 32.2 Å². The van der Waals surface area contributed by atoms with Crippen LogP contribution in [0, 0.1) is 5.82 Å². The number of aldehydes is 1. The molecular formula is C17H17Br2FN2O3. The third-order valence-corrected chi connectivity index (χ3v) is 4.27. The average Bonchev–Trinajstić information content (AvgIpc) is 2.63. The van der Waals surface area contributed by atoms with Gasteiger partial charge in [0.05, 0.1) is 28.9 Å². The number of halogens is 3. The Bertz CT molecular complexity index is 697. The summed E-state index contributed by atoms with van der Waals surface area (Å²) in [6.45, 7) is 3.11. The summed E-state index contributed by atoms with van der Waals surface area (Å²) in [6, 6.07) is 11.7. The van der Waals surface area contributed by atoms with Gasteiger partial charge in [-0.05, 0) is 46.3 Å². The number of benzene rings is 2. The first-order valence-electron chi connectivity index (χ1n) is 7.51. The van der Waals surface area contributed by atoms with Crippen LogP contribution in [0.25, 0.3) is 0 Å². The molecule has 1 aliphatic rings. The highest BCUT2D eigenvalue weighted by molar-refractivity contribution is 9.10. The van der Waals surface area contributed by atoms with Gasteiger partial charge in [0.15, 0.2) is 28.3 Å². The Morgan fingerprint density at radius 2 is 1.92 bits per heavy atom. The second kappa shape index (κ2) is 10.5. The second-order valence-electron chi connectivity index (χ2n) is 5.07. The van der Waals surface area contributed by atoms with Gasteiger partial charge in [0.25, 0.3) is 0 Å². The first-order chi connectivity index (χ1) is 12.1. The van der Waals surface area contributed by atoms with Crippen LogP contribution in [0.15, 0.2) is 46.9 Å². The van der Waals surface area contributed by atoms with Gasteiger partial charge in [-0.2, -0.15) is 0 Å². The summed E-state index contributed by atoms with van der Waals surface area (Å²) in [6.07, 6.45) is 0.737. The fourth-order valence-electron chi connectivity index (χ4n) is 2.12. The van der Waals surface area contributed by atoms with E-state index in [0.717, 1.165) is 42.7 Å². The molecule has 0 unspecified atom stereocenters. The molecule has 1 heterocycles. The van der Waals surface area contributed by atoms with Crippen LogP contribution in [0.3, 0.4) is 0 Å². The highest BCUT2D eigenvalue weighted by Crippen LogP contribution is 2.29. The number of hydrogen-bond donors (Lipinski definition) is 1. The minimum absolute atomic E-state index is 0.219. The zero-order chi connectivity index (χ0) is 18.1. The normalized spacial score (nSPS) is 14.2. The van der Waals surface area contributed by atoms with E-state index in [-0.39, 0.29) is 5.82 Å². The zero-order valence-electron chi connectivity index (χ0n) is 13.3. The molecule has 1 saturated heterocycles. The van der Waals surface area contributed by atoms with Gasteiger partial charge < -0.3 is 14.0 Å². The number of rotatable bonds is 4. The lowest BCUT2D eigenvalue weighted by atomic mass is 10.2. The number of nitrogens with one attached hydrogen (secondary N) is 1. The minimum Gasteiger partial charge on any atom is -0.416 e. The maximum atomic E-state index is 12.8. The van der Waals surface area contributed by atoms with Crippen molar-refractivity contribution < 1.29 is 17.8 Å². The maximum absolute atomic E-state index is 12.8. The third kappa shape index (κ3) is 6.39. The van der Waals surface area contributed by atoms with E-state index in [1.165, 1.54) is 12.1 Å². The van der Waals surface area contributed by atoms with Gasteiger partial charge in [0.1, 0.15) is 5.82 Å². The van der Waals surface area contributed by atoms with Crippen molar-refractivity contribution in [2.45, 2.75) is 0 Å². The lowest BCUT2D eigenvalue weighted by Crippen LogP contribution is -2.40. The summed E-state index contributed by atoms with van der Waals surface area (Å²) >= 11 is 6.05.